The molecule has 21 heavy (non-hydrogen) atoms. The number of ether oxygens (including phenoxy) is 1. The zero-order valence-electron chi connectivity index (χ0n) is 14.5. The van der Waals surface area contributed by atoms with E-state index in [9.17, 15) is 4.79 Å². The molecule has 0 rings (SSSR count). The van der Waals surface area contributed by atoms with Gasteiger partial charge in [0.1, 0.15) is 0 Å². The first-order chi connectivity index (χ1) is 10.2. The Balaban J connectivity index is 3.73. The van der Waals surface area contributed by atoms with E-state index >= 15 is 0 Å². The molecule has 126 valence electrons. The van der Waals surface area contributed by atoms with Crippen LogP contribution in [0.25, 0.3) is 0 Å². The van der Waals surface area contributed by atoms with Gasteiger partial charge in [-0.25, -0.2) is 0 Å². The minimum Gasteiger partial charge on any atom is -0.465 e. The number of hydrogen-bond acceptors (Lipinski definition) is 3. The minimum absolute atomic E-state index is 0.0590. The number of rotatable bonds is 15. The molecule has 1 unspecified atom stereocenters. The molecule has 0 aliphatic carbocycles. The minimum atomic E-state index is -0.0590. The molecule has 3 heteroatoms. The molecule has 0 radical (unpaired) electrons. The molecule has 0 aromatic carbocycles. The van der Waals surface area contributed by atoms with Crippen LogP contribution in [0.1, 0.15) is 85.0 Å². The van der Waals surface area contributed by atoms with Crippen molar-refractivity contribution < 1.29 is 9.53 Å². The average Bonchev–Trinajstić information content (AvgIpc) is 2.47. The lowest BCUT2D eigenvalue weighted by Gasteiger charge is -2.16. The molecule has 0 saturated carbocycles. The van der Waals surface area contributed by atoms with Crippen molar-refractivity contribution in [3.05, 3.63) is 0 Å². The largest absolute Gasteiger partial charge is 0.465 e. The summed E-state index contributed by atoms with van der Waals surface area (Å²) in [5.41, 5.74) is 0. The normalized spacial score (nSPS) is 12.3. The van der Waals surface area contributed by atoms with Crippen molar-refractivity contribution in [2.45, 2.75) is 85.0 Å². The van der Waals surface area contributed by atoms with Crippen LogP contribution < -0.4 is 0 Å². The molecule has 0 saturated heterocycles. The Morgan fingerprint density at radius 1 is 0.905 bits per heavy atom. The Labute approximate surface area is 136 Å². The Kier molecular flexibility index (Phi) is 16.1. The fourth-order valence-corrected chi connectivity index (χ4v) is 3.56. The van der Waals surface area contributed by atoms with Gasteiger partial charge in [0.25, 0.3) is 0 Å². The van der Waals surface area contributed by atoms with Gasteiger partial charge < -0.3 is 4.74 Å². The number of esters is 1. The van der Waals surface area contributed by atoms with Crippen LogP contribution in [0.5, 0.6) is 0 Å². The van der Waals surface area contributed by atoms with E-state index in [0.717, 1.165) is 11.7 Å². The lowest BCUT2D eigenvalue weighted by atomic mass is 9.97. The van der Waals surface area contributed by atoms with Crippen LogP contribution in [0.3, 0.4) is 0 Å². The summed E-state index contributed by atoms with van der Waals surface area (Å²) < 4.78 is 4.98. The second-order valence-electron chi connectivity index (χ2n) is 5.88. The van der Waals surface area contributed by atoms with Crippen LogP contribution in [0, 0.1) is 5.92 Å². The number of unbranched alkanes of at least 4 members (excludes halogenated alkanes) is 6. The summed E-state index contributed by atoms with van der Waals surface area (Å²) in [5, 5.41) is 0. The van der Waals surface area contributed by atoms with Gasteiger partial charge in [-0.05, 0) is 31.4 Å². The standard InChI is InChI=1S/C18H36O2S/c1-4-7-9-10-11-12-14-17(13-8-5-2)15-21-16-18(19)20-6-3/h17H,4-16H2,1-3H3. The highest BCUT2D eigenvalue weighted by Crippen LogP contribution is 2.22. The van der Waals surface area contributed by atoms with Crippen molar-refractivity contribution in [3.63, 3.8) is 0 Å². The average molecular weight is 317 g/mol. The van der Waals surface area contributed by atoms with E-state index in [4.69, 9.17) is 4.74 Å². The van der Waals surface area contributed by atoms with Crippen molar-refractivity contribution in [1.29, 1.82) is 0 Å². The molecular weight excluding hydrogens is 280 g/mol. The zero-order chi connectivity index (χ0) is 15.8. The van der Waals surface area contributed by atoms with Gasteiger partial charge in [-0.15, -0.1) is 11.8 Å². The van der Waals surface area contributed by atoms with Crippen molar-refractivity contribution in [2.24, 2.45) is 5.92 Å². The summed E-state index contributed by atoms with van der Waals surface area (Å²) in [4.78, 5) is 11.4. The molecule has 0 heterocycles. The summed E-state index contributed by atoms with van der Waals surface area (Å²) in [5.74, 6) is 2.37. The van der Waals surface area contributed by atoms with Gasteiger partial charge in [0.2, 0.25) is 0 Å². The first-order valence-electron chi connectivity index (χ1n) is 8.97. The van der Waals surface area contributed by atoms with Gasteiger partial charge >= 0.3 is 5.97 Å². The molecule has 2 nitrogen and oxygen atoms in total. The van der Waals surface area contributed by atoms with Crippen LogP contribution in [-0.2, 0) is 9.53 Å². The van der Waals surface area contributed by atoms with E-state index in [1.165, 1.54) is 64.2 Å². The first-order valence-corrected chi connectivity index (χ1v) is 10.1. The highest BCUT2D eigenvalue weighted by Gasteiger charge is 2.10. The molecule has 0 amide bonds. The number of thioether (sulfide) groups is 1. The highest BCUT2D eigenvalue weighted by atomic mass is 32.2. The smallest absolute Gasteiger partial charge is 0.315 e. The second-order valence-corrected chi connectivity index (χ2v) is 6.92. The molecule has 0 bridgehead atoms. The Bertz CT molecular complexity index is 231. The molecule has 0 N–H and O–H groups in total. The van der Waals surface area contributed by atoms with E-state index < -0.39 is 0 Å². The van der Waals surface area contributed by atoms with Gasteiger partial charge in [-0.2, -0.15) is 0 Å². The van der Waals surface area contributed by atoms with Crippen LogP contribution in [0.4, 0.5) is 0 Å². The van der Waals surface area contributed by atoms with E-state index in [1.807, 2.05) is 6.92 Å². The van der Waals surface area contributed by atoms with Crippen LogP contribution in [0.2, 0.25) is 0 Å². The topological polar surface area (TPSA) is 26.3 Å². The first kappa shape index (κ1) is 20.8. The van der Waals surface area contributed by atoms with Crippen molar-refractivity contribution in [2.75, 3.05) is 18.1 Å². The predicted octanol–water partition coefficient (Wildman–Crippen LogP) is 5.84. The second kappa shape index (κ2) is 16.2. The summed E-state index contributed by atoms with van der Waals surface area (Å²) in [7, 11) is 0. The van der Waals surface area contributed by atoms with Gasteiger partial charge in [-0.1, -0.05) is 65.2 Å². The van der Waals surface area contributed by atoms with E-state index in [1.54, 1.807) is 11.8 Å². The van der Waals surface area contributed by atoms with Crippen molar-refractivity contribution >= 4 is 17.7 Å². The molecule has 0 spiro atoms. The zero-order valence-corrected chi connectivity index (χ0v) is 15.3. The molecule has 0 aromatic rings. The lowest BCUT2D eigenvalue weighted by Crippen LogP contribution is -2.10. The Morgan fingerprint density at radius 2 is 1.52 bits per heavy atom. The lowest BCUT2D eigenvalue weighted by molar-refractivity contribution is -0.139. The third kappa shape index (κ3) is 14.5. The molecule has 0 fully saturated rings. The van der Waals surface area contributed by atoms with Gasteiger partial charge in [0, 0.05) is 0 Å². The molecule has 0 aliphatic heterocycles. The summed E-state index contributed by atoms with van der Waals surface area (Å²) in [6.45, 7) is 6.89. The SMILES string of the molecule is CCCCCCCCC(CCCC)CSCC(=O)OCC. The maximum absolute atomic E-state index is 11.4. The summed E-state index contributed by atoms with van der Waals surface area (Å²) in [6.07, 6.45) is 13.5. The van der Waals surface area contributed by atoms with Gasteiger partial charge in [0.15, 0.2) is 0 Å². The fourth-order valence-electron chi connectivity index (χ4n) is 2.53. The van der Waals surface area contributed by atoms with Crippen LogP contribution in [0.15, 0.2) is 0 Å². The number of carbonyl (C=O) groups excluding carboxylic acids is 1. The van der Waals surface area contributed by atoms with Crippen molar-refractivity contribution in [1.82, 2.24) is 0 Å². The van der Waals surface area contributed by atoms with Crippen LogP contribution in [-0.4, -0.2) is 24.1 Å². The van der Waals surface area contributed by atoms with Gasteiger partial charge in [0.05, 0.1) is 12.4 Å². The molecular formula is C18H36O2S. The van der Waals surface area contributed by atoms with Crippen LogP contribution >= 0.6 is 11.8 Å². The Morgan fingerprint density at radius 3 is 2.19 bits per heavy atom. The predicted molar refractivity (Wildman–Crippen MR) is 95.0 cm³/mol. The molecule has 0 aliphatic rings. The van der Waals surface area contributed by atoms with Crippen molar-refractivity contribution in [3.8, 4) is 0 Å². The number of carbonyl (C=O) groups is 1. The maximum Gasteiger partial charge on any atom is 0.315 e. The highest BCUT2D eigenvalue weighted by molar-refractivity contribution is 7.99. The molecule has 0 aromatic heterocycles. The third-order valence-corrected chi connectivity index (χ3v) is 4.96. The summed E-state index contributed by atoms with van der Waals surface area (Å²) >= 11 is 1.76. The number of hydrogen-bond donors (Lipinski definition) is 0. The quantitative estimate of drug-likeness (QED) is 0.280. The third-order valence-electron chi connectivity index (χ3n) is 3.81. The maximum atomic E-state index is 11.4. The monoisotopic (exact) mass is 316 g/mol. The van der Waals surface area contributed by atoms with E-state index in [2.05, 4.69) is 13.8 Å². The van der Waals surface area contributed by atoms with E-state index in [0.29, 0.717) is 12.4 Å². The van der Waals surface area contributed by atoms with E-state index in [-0.39, 0.29) is 5.97 Å². The Hall–Kier alpha value is -0.180. The fraction of sp³-hybridized carbons (Fsp3) is 0.944. The summed E-state index contributed by atoms with van der Waals surface area (Å²) in [6, 6.07) is 0. The molecule has 1 atom stereocenters. The van der Waals surface area contributed by atoms with Gasteiger partial charge in [-0.3, -0.25) is 4.79 Å².